The van der Waals surface area contributed by atoms with E-state index < -0.39 is 5.54 Å². The number of hydrogen-bond acceptors (Lipinski definition) is 5. The lowest BCUT2D eigenvalue weighted by Crippen LogP contribution is -2.52. The lowest BCUT2D eigenvalue weighted by molar-refractivity contribution is -0.135. The van der Waals surface area contributed by atoms with Crippen molar-refractivity contribution in [3.8, 4) is 5.75 Å². The zero-order chi connectivity index (χ0) is 25.0. The zero-order valence-corrected chi connectivity index (χ0v) is 21.6. The van der Waals surface area contributed by atoms with Crippen molar-refractivity contribution in [2.45, 2.75) is 52.2 Å². The number of aryl methyl sites for hydroxylation is 1. The summed E-state index contributed by atoms with van der Waals surface area (Å²) in [4.78, 5) is 31.3. The van der Waals surface area contributed by atoms with E-state index in [0.29, 0.717) is 18.9 Å². The Bertz CT molecular complexity index is 1130. The second-order valence-corrected chi connectivity index (χ2v) is 10.9. The lowest BCUT2D eigenvalue weighted by Gasteiger charge is -2.37. The average Bonchev–Trinajstić information content (AvgIpc) is 3.48. The maximum atomic E-state index is 13.6. The normalized spacial score (nSPS) is 15.4. The summed E-state index contributed by atoms with van der Waals surface area (Å²) in [6.45, 7) is 8.88. The number of ether oxygens (including phenoxy) is 1. The highest BCUT2D eigenvalue weighted by molar-refractivity contribution is 7.10. The topological polar surface area (TPSA) is 75.0 Å². The Morgan fingerprint density at radius 1 is 1.20 bits per heavy atom. The van der Waals surface area contributed by atoms with Crippen molar-refractivity contribution >= 4 is 23.3 Å². The molecule has 3 heterocycles. The summed E-state index contributed by atoms with van der Waals surface area (Å²) in [5.74, 6) is 1.28. The van der Waals surface area contributed by atoms with Gasteiger partial charge in [-0.3, -0.25) is 4.79 Å². The highest BCUT2D eigenvalue weighted by Crippen LogP contribution is 2.34. The van der Waals surface area contributed by atoms with Crippen molar-refractivity contribution in [2.24, 2.45) is 0 Å². The van der Waals surface area contributed by atoms with Crippen LogP contribution in [-0.2, 0) is 17.8 Å². The molecule has 3 amide bonds. The Labute approximate surface area is 210 Å². The summed E-state index contributed by atoms with van der Waals surface area (Å²) >= 11 is 1.71. The SMILES string of the molecule is Cc1ccc(OC[C@@H]2c3ccsc3CCN2C(=O)CN(Cc2ccco2)C(=O)NC(C)(C)C)cc1. The third-order valence-corrected chi connectivity index (χ3v) is 6.86. The number of amides is 3. The van der Waals surface area contributed by atoms with Crippen LogP contribution in [0, 0.1) is 6.92 Å². The van der Waals surface area contributed by atoms with Gasteiger partial charge in [0.2, 0.25) is 5.91 Å². The molecule has 8 heteroatoms. The molecule has 1 aliphatic heterocycles. The molecule has 4 rings (SSSR count). The van der Waals surface area contributed by atoms with Gasteiger partial charge >= 0.3 is 6.03 Å². The number of carbonyl (C=O) groups excluding carboxylic acids is 2. The summed E-state index contributed by atoms with van der Waals surface area (Å²) in [5.41, 5.74) is 1.86. The van der Waals surface area contributed by atoms with Crippen LogP contribution in [0.5, 0.6) is 5.75 Å². The van der Waals surface area contributed by atoms with Crippen molar-refractivity contribution in [1.82, 2.24) is 15.1 Å². The second-order valence-electron chi connectivity index (χ2n) is 9.89. The standard InChI is InChI=1S/C27H33N3O4S/c1-19-7-9-20(10-8-19)34-18-23-22-12-15-35-24(22)11-13-30(23)25(31)17-29(16-21-6-5-14-33-21)26(32)28-27(2,3)4/h5-10,12,14-15,23H,11,13,16-18H2,1-4H3,(H,28,32)/t23-/m1/s1. The largest absolute Gasteiger partial charge is 0.491 e. The maximum absolute atomic E-state index is 13.6. The third kappa shape index (κ3) is 6.45. The number of thiophene rings is 1. The molecule has 1 N–H and O–H groups in total. The third-order valence-electron chi connectivity index (χ3n) is 5.87. The zero-order valence-electron chi connectivity index (χ0n) is 20.7. The molecule has 1 aliphatic rings. The van der Waals surface area contributed by atoms with E-state index >= 15 is 0 Å². The number of fused-ring (bicyclic) bond motifs is 1. The number of rotatable bonds is 7. The van der Waals surface area contributed by atoms with Crippen LogP contribution < -0.4 is 10.1 Å². The number of hydrogen-bond donors (Lipinski definition) is 1. The fourth-order valence-corrected chi connectivity index (χ4v) is 5.06. The molecule has 0 unspecified atom stereocenters. The van der Waals surface area contributed by atoms with E-state index in [4.69, 9.17) is 9.15 Å². The number of nitrogens with one attached hydrogen (secondary N) is 1. The molecule has 186 valence electrons. The number of nitrogens with zero attached hydrogens (tertiary/aromatic N) is 2. The molecule has 2 aromatic heterocycles. The quantitative estimate of drug-likeness (QED) is 0.491. The van der Waals surface area contributed by atoms with Crippen LogP contribution in [0.4, 0.5) is 4.79 Å². The lowest BCUT2D eigenvalue weighted by atomic mass is 10.0. The fourth-order valence-electron chi connectivity index (χ4n) is 4.13. The smallest absolute Gasteiger partial charge is 0.318 e. The van der Waals surface area contributed by atoms with Crippen LogP contribution in [0.1, 0.15) is 48.6 Å². The Balaban J connectivity index is 1.52. The molecule has 0 bridgehead atoms. The van der Waals surface area contributed by atoms with E-state index in [-0.39, 0.29) is 31.1 Å². The van der Waals surface area contributed by atoms with E-state index in [1.165, 1.54) is 9.78 Å². The molecule has 0 radical (unpaired) electrons. The first-order valence-corrected chi connectivity index (χ1v) is 12.7. The minimum Gasteiger partial charge on any atom is -0.491 e. The molecular weight excluding hydrogens is 462 g/mol. The van der Waals surface area contributed by atoms with Gasteiger partial charge in [0.15, 0.2) is 0 Å². The van der Waals surface area contributed by atoms with Crippen molar-refractivity contribution in [3.05, 3.63) is 75.9 Å². The molecule has 0 spiro atoms. The highest BCUT2D eigenvalue weighted by atomic mass is 32.1. The monoisotopic (exact) mass is 495 g/mol. The van der Waals surface area contributed by atoms with Gasteiger partial charge in [-0.1, -0.05) is 17.7 Å². The Morgan fingerprint density at radius 3 is 2.66 bits per heavy atom. The molecular formula is C27H33N3O4S. The number of furan rings is 1. The molecule has 0 saturated heterocycles. The van der Waals surface area contributed by atoms with Gasteiger partial charge in [-0.05, 0) is 75.4 Å². The molecule has 0 fully saturated rings. The van der Waals surface area contributed by atoms with Gasteiger partial charge in [0.1, 0.15) is 24.7 Å². The van der Waals surface area contributed by atoms with Crippen LogP contribution in [0.15, 0.2) is 58.5 Å². The van der Waals surface area contributed by atoms with Crippen LogP contribution in [-0.4, -0.2) is 47.0 Å². The van der Waals surface area contributed by atoms with Gasteiger partial charge in [0.25, 0.3) is 0 Å². The highest BCUT2D eigenvalue weighted by Gasteiger charge is 2.34. The van der Waals surface area contributed by atoms with E-state index in [9.17, 15) is 9.59 Å². The molecule has 1 aromatic carbocycles. The molecule has 0 aliphatic carbocycles. The van der Waals surface area contributed by atoms with Crippen LogP contribution >= 0.6 is 11.3 Å². The van der Waals surface area contributed by atoms with E-state index in [1.807, 2.05) is 56.9 Å². The predicted molar refractivity (Wildman–Crippen MR) is 137 cm³/mol. The first kappa shape index (κ1) is 24.9. The maximum Gasteiger partial charge on any atom is 0.318 e. The van der Waals surface area contributed by atoms with Crippen LogP contribution in [0.25, 0.3) is 0 Å². The molecule has 7 nitrogen and oxygen atoms in total. The summed E-state index contributed by atoms with van der Waals surface area (Å²) < 4.78 is 11.6. The Kier molecular flexibility index (Phi) is 7.50. The van der Waals surface area contributed by atoms with Gasteiger partial charge in [-0.15, -0.1) is 11.3 Å². The number of urea groups is 1. The number of benzene rings is 1. The summed E-state index contributed by atoms with van der Waals surface area (Å²) in [6.07, 6.45) is 2.37. The van der Waals surface area contributed by atoms with Gasteiger partial charge < -0.3 is 24.3 Å². The van der Waals surface area contributed by atoms with E-state index in [0.717, 1.165) is 23.3 Å². The first-order valence-electron chi connectivity index (χ1n) is 11.8. The molecule has 0 saturated carbocycles. The van der Waals surface area contributed by atoms with Gasteiger partial charge in [0, 0.05) is 17.0 Å². The molecule has 3 aromatic rings. The van der Waals surface area contributed by atoms with E-state index in [1.54, 1.807) is 29.7 Å². The van der Waals surface area contributed by atoms with Crippen molar-refractivity contribution < 1.29 is 18.7 Å². The van der Waals surface area contributed by atoms with Crippen molar-refractivity contribution in [1.29, 1.82) is 0 Å². The minimum atomic E-state index is -0.428. The summed E-state index contributed by atoms with van der Waals surface area (Å²) in [5, 5.41) is 5.03. The molecule has 35 heavy (non-hydrogen) atoms. The first-order chi connectivity index (χ1) is 16.7. The Hall–Kier alpha value is -3.26. The van der Waals surface area contributed by atoms with E-state index in [2.05, 4.69) is 16.8 Å². The van der Waals surface area contributed by atoms with Crippen molar-refractivity contribution in [3.63, 3.8) is 0 Å². The van der Waals surface area contributed by atoms with Crippen LogP contribution in [0.2, 0.25) is 0 Å². The molecule has 1 atom stereocenters. The number of carbonyl (C=O) groups is 2. The summed E-state index contributed by atoms with van der Waals surface area (Å²) in [7, 11) is 0. The predicted octanol–water partition coefficient (Wildman–Crippen LogP) is 5.16. The van der Waals surface area contributed by atoms with Gasteiger partial charge in [-0.2, -0.15) is 0 Å². The second kappa shape index (κ2) is 10.6. The summed E-state index contributed by atoms with van der Waals surface area (Å²) in [6, 6.07) is 13.1. The van der Waals surface area contributed by atoms with Crippen LogP contribution in [0.3, 0.4) is 0 Å². The van der Waals surface area contributed by atoms with Crippen molar-refractivity contribution in [2.75, 3.05) is 19.7 Å². The van der Waals surface area contributed by atoms with Gasteiger partial charge in [-0.25, -0.2) is 4.79 Å². The average molecular weight is 496 g/mol. The fraction of sp³-hybridized carbons (Fsp3) is 0.407. The Morgan fingerprint density at radius 2 is 1.97 bits per heavy atom. The minimum absolute atomic E-state index is 0.0525. The van der Waals surface area contributed by atoms with Gasteiger partial charge in [0.05, 0.1) is 18.8 Å².